The van der Waals surface area contributed by atoms with Crippen LogP contribution in [0.1, 0.15) is 39.4 Å². The van der Waals surface area contributed by atoms with Gasteiger partial charge in [0, 0.05) is 6.54 Å². The summed E-state index contributed by atoms with van der Waals surface area (Å²) in [4.78, 5) is 13.3. The van der Waals surface area contributed by atoms with Crippen molar-refractivity contribution in [1.82, 2.24) is 4.90 Å². The first-order chi connectivity index (χ1) is 11.5. The van der Waals surface area contributed by atoms with Gasteiger partial charge >= 0.3 is 5.97 Å². The molecule has 3 rings (SSSR count). The van der Waals surface area contributed by atoms with E-state index in [1.54, 1.807) is 12.1 Å². The Labute approximate surface area is 156 Å². The molecule has 0 fully saturated rings. The van der Waals surface area contributed by atoms with Crippen molar-refractivity contribution >= 4 is 18.4 Å². The zero-order valence-corrected chi connectivity index (χ0v) is 15.6. The molecule has 0 aromatic heterocycles. The Kier molecular flexibility index (Phi) is 6.63. The molecular formula is C21H26ClNO2. The van der Waals surface area contributed by atoms with Crippen LogP contribution in [0, 0.1) is 5.92 Å². The fourth-order valence-corrected chi connectivity index (χ4v) is 3.92. The van der Waals surface area contributed by atoms with Crippen LogP contribution < -0.4 is 0 Å². The molecule has 134 valence electrons. The van der Waals surface area contributed by atoms with Crippen molar-refractivity contribution in [3.63, 3.8) is 0 Å². The van der Waals surface area contributed by atoms with Crippen molar-refractivity contribution in [2.45, 2.75) is 25.2 Å². The maximum atomic E-state index is 11.0. The van der Waals surface area contributed by atoms with E-state index >= 15 is 0 Å². The molecule has 3 nitrogen and oxygen atoms in total. The highest BCUT2D eigenvalue weighted by Crippen LogP contribution is 2.38. The first-order valence-corrected chi connectivity index (χ1v) is 8.59. The number of hydrogen-bond donors (Lipinski definition) is 1. The highest BCUT2D eigenvalue weighted by atomic mass is 35.5. The van der Waals surface area contributed by atoms with Crippen LogP contribution in [0.2, 0.25) is 0 Å². The van der Waals surface area contributed by atoms with E-state index in [9.17, 15) is 4.79 Å². The molecule has 2 aromatic rings. The number of fused-ring (bicyclic) bond motifs is 1. The van der Waals surface area contributed by atoms with Crippen LogP contribution in [-0.4, -0.2) is 36.6 Å². The second-order valence-electron chi connectivity index (χ2n) is 7.07. The number of halogens is 1. The Morgan fingerprint density at radius 3 is 2.44 bits per heavy atom. The summed E-state index contributed by atoms with van der Waals surface area (Å²) in [6.45, 7) is 1.09. The van der Waals surface area contributed by atoms with Gasteiger partial charge in [-0.2, -0.15) is 0 Å². The van der Waals surface area contributed by atoms with Gasteiger partial charge in [-0.3, -0.25) is 0 Å². The third-order valence-electron chi connectivity index (χ3n) is 5.06. The highest BCUT2D eigenvalue weighted by Gasteiger charge is 2.29. The molecule has 0 amide bonds. The van der Waals surface area contributed by atoms with Crippen molar-refractivity contribution in [2.24, 2.45) is 5.92 Å². The molecule has 0 radical (unpaired) electrons. The first-order valence-electron chi connectivity index (χ1n) is 8.59. The van der Waals surface area contributed by atoms with Crippen molar-refractivity contribution in [3.8, 4) is 0 Å². The Morgan fingerprint density at radius 2 is 1.80 bits per heavy atom. The molecule has 2 unspecified atom stereocenters. The summed E-state index contributed by atoms with van der Waals surface area (Å²) in [5.41, 5.74) is 4.51. The number of rotatable bonds is 5. The molecule has 1 aliphatic rings. The normalized spacial score (nSPS) is 19.2. The summed E-state index contributed by atoms with van der Waals surface area (Å²) in [5.74, 6) is 0.261. The molecular weight excluding hydrogens is 334 g/mol. The van der Waals surface area contributed by atoms with Gasteiger partial charge in [0.1, 0.15) is 0 Å². The lowest BCUT2D eigenvalue weighted by Gasteiger charge is -2.35. The standard InChI is InChI=1S/C21H25NO2.ClH/c1-22(2)14-18-12-11-16-5-3-4-6-19(16)20(18)13-15-7-9-17(10-8-15)21(23)24;/h3-10,18,20H,11-14H2,1-2H3,(H,23,24);1H. The monoisotopic (exact) mass is 359 g/mol. The van der Waals surface area contributed by atoms with E-state index in [4.69, 9.17) is 5.11 Å². The molecule has 2 atom stereocenters. The number of carbonyl (C=O) groups is 1. The predicted octanol–water partition coefficient (Wildman–Crippen LogP) is 4.26. The molecule has 1 N–H and O–H groups in total. The summed E-state index contributed by atoms with van der Waals surface area (Å²) in [7, 11) is 4.28. The third-order valence-corrected chi connectivity index (χ3v) is 5.06. The second-order valence-corrected chi connectivity index (χ2v) is 7.07. The quantitative estimate of drug-likeness (QED) is 0.867. The zero-order chi connectivity index (χ0) is 17.1. The molecule has 0 saturated heterocycles. The van der Waals surface area contributed by atoms with E-state index in [2.05, 4.69) is 43.3 Å². The van der Waals surface area contributed by atoms with E-state index in [-0.39, 0.29) is 12.4 Å². The Bertz CT molecular complexity index is 712. The van der Waals surface area contributed by atoms with Gasteiger partial charge in [-0.1, -0.05) is 36.4 Å². The van der Waals surface area contributed by atoms with Crippen molar-refractivity contribution < 1.29 is 9.90 Å². The summed E-state index contributed by atoms with van der Waals surface area (Å²) in [5, 5.41) is 9.06. The minimum Gasteiger partial charge on any atom is -0.478 e. The predicted molar refractivity (Wildman–Crippen MR) is 104 cm³/mol. The minimum atomic E-state index is -0.866. The lowest BCUT2D eigenvalue weighted by atomic mass is 9.72. The Hall–Kier alpha value is -1.84. The van der Waals surface area contributed by atoms with E-state index in [1.165, 1.54) is 23.1 Å². The number of aryl methyl sites for hydroxylation is 1. The molecule has 0 aliphatic heterocycles. The minimum absolute atomic E-state index is 0. The average Bonchev–Trinajstić information content (AvgIpc) is 2.57. The van der Waals surface area contributed by atoms with Gasteiger partial charge in [0.05, 0.1) is 5.56 Å². The van der Waals surface area contributed by atoms with Gasteiger partial charge in [-0.05, 0) is 74.0 Å². The summed E-state index contributed by atoms with van der Waals surface area (Å²) in [6.07, 6.45) is 3.34. The average molecular weight is 360 g/mol. The van der Waals surface area contributed by atoms with E-state index in [0.717, 1.165) is 19.4 Å². The molecule has 1 aliphatic carbocycles. The zero-order valence-electron chi connectivity index (χ0n) is 14.8. The number of aromatic carboxylic acids is 1. The van der Waals surface area contributed by atoms with Gasteiger partial charge in [-0.25, -0.2) is 4.79 Å². The highest BCUT2D eigenvalue weighted by molar-refractivity contribution is 5.87. The van der Waals surface area contributed by atoms with E-state index in [0.29, 0.717) is 17.4 Å². The maximum absolute atomic E-state index is 11.0. The van der Waals surface area contributed by atoms with Crippen LogP contribution in [-0.2, 0) is 12.8 Å². The lowest BCUT2D eigenvalue weighted by Crippen LogP contribution is -2.31. The summed E-state index contributed by atoms with van der Waals surface area (Å²) >= 11 is 0. The number of carboxylic acid groups (broad SMARTS) is 1. The molecule has 2 aromatic carbocycles. The van der Waals surface area contributed by atoms with E-state index < -0.39 is 5.97 Å². The fourth-order valence-electron chi connectivity index (χ4n) is 3.92. The number of nitrogens with zero attached hydrogens (tertiary/aromatic N) is 1. The molecule has 0 bridgehead atoms. The smallest absolute Gasteiger partial charge is 0.335 e. The van der Waals surface area contributed by atoms with Gasteiger partial charge in [0.2, 0.25) is 0 Å². The number of carboxylic acids is 1. The van der Waals surface area contributed by atoms with Crippen LogP contribution >= 0.6 is 12.4 Å². The number of benzene rings is 2. The molecule has 0 heterocycles. The van der Waals surface area contributed by atoms with Crippen molar-refractivity contribution in [1.29, 1.82) is 0 Å². The molecule has 0 spiro atoms. The molecule has 0 saturated carbocycles. The van der Waals surface area contributed by atoms with Gasteiger partial charge in [-0.15, -0.1) is 12.4 Å². The Balaban J connectivity index is 0.00000225. The fraction of sp³-hybridized carbons (Fsp3) is 0.381. The van der Waals surface area contributed by atoms with Gasteiger partial charge < -0.3 is 10.0 Å². The van der Waals surface area contributed by atoms with Crippen LogP contribution in [0.3, 0.4) is 0 Å². The third kappa shape index (κ3) is 4.62. The topological polar surface area (TPSA) is 40.5 Å². The van der Waals surface area contributed by atoms with E-state index in [1.807, 2.05) is 12.1 Å². The van der Waals surface area contributed by atoms with Crippen LogP contribution in [0.15, 0.2) is 48.5 Å². The number of hydrogen-bond acceptors (Lipinski definition) is 2. The first kappa shape index (κ1) is 19.5. The van der Waals surface area contributed by atoms with Crippen LogP contribution in [0.25, 0.3) is 0 Å². The second kappa shape index (κ2) is 8.50. The van der Waals surface area contributed by atoms with Gasteiger partial charge in [0.25, 0.3) is 0 Å². The van der Waals surface area contributed by atoms with Crippen molar-refractivity contribution in [3.05, 3.63) is 70.8 Å². The van der Waals surface area contributed by atoms with Crippen LogP contribution in [0.5, 0.6) is 0 Å². The maximum Gasteiger partial charge on any atom is 0.335 e. The molecule has 25 heavy (non-hydrogen) atoms. The summed E-state index contributed by atoms with van der Waals surface area (Å²) in [6, 6.07) is 16.2. The lowest BCUT2D eigenvalue weighted by molar-refractivity contribution is 0.0697. The van der Waals surface area contributed by atoms with Crippen LogP contribution in [0.4, 0.5) is 0 Å². The van der Waals surface area contributed by atoms with Gasteiger partial charge in [0.15, 0.2) is 0 Å². The van der Waals surface area contributed by atoms with Crippen molar-refractivity contribution in [2.75, 3.05) is 20.6 Å². The largest absolute Gasteiger partial charge is 0.478 e. The Morgan fingerprint density at radius 1 is 1.12 bits per heavy atom. The molecule has 4 heteroatoms. The summed E-state index contributed by atoms with van der Waals surface area (Å²) < 4.78 is 0. The SMILES string of the molecule is CN(C)CC1CCc2ccccc2C1Cc1ccc(C(=O)O)cc1.Cl.